The molecule has 0 saturated heterocycles. The highest BCUT2D eigenvalue weighted by Gasteiger charge is 2.24. The van der Waals surface area contributed by atoms with Crippen LogP contribution in [0.25, 0.3) is 11.0 Å². The molecule has 0 aliphatic heterocycles. The number of ether oxygens (including phenoxy) is 1. The summed E-state index contributed by atoms with van der Waals surface area (Å²) in [7, 11) is 0. The van der Waals surface area contributed by atoms with Gasteiger partial charge in [-0.05, 0) is 69.7 Å². The van der Waals surface area contributed by atoms with E-state index in [9.17, 15) is 14.4 Å². The molecule has 2 atom stereocenters. The second-order valence-corrected chi connectivity index (χ2v) is 7.02. The molecule has 0 bridgehead atoms. The number of fused-ring (bicyclic) bond motifs is 3. The highest BCUT2D eigenvalue weighted by atomic mass is 16.5. The average molecular weight is 373 g/mol. The van der Waals surface area contributed by atoms with Crippen molar-refractivity contribution in [3.8, 4) is 5.75 Å². The number of nitrogens with one attached hydrogen (secondary N) is 1. The molecule has 0 saturated carbocycles. The summed E-state index contributed by atoms with van der Waals surface area (Å²) in [6.07, 6.45) is 2.45. The van der Waals surface area contributed by atoms with Gasteiger partial charge >= 0.3 is 11.6 Å². The molecule has 2 N–H and O–H groups in total. The Morgan fingerprint density at radius 2 is 1.85 bits per heavy atom. The fourth-order valence-corrected chi connectivity index (χ4v) is 3.40. The lowest BCUT2D eigenvalue weighted by Gasteiger charge is -2.21. The Labute approximate surface area is 156 Å². The molecule has 0 spiro atoms. The smallest absolute Gasteiger partial charge is 0.339 e. The van der Waals surface area contributed by atoms with Gasteiger partial charge in [0.2, 0.25) is 0 Å². The van der Waals surface area contributed by atoms with E-state index in [0.717, 1.165) is 35.8 Å². The molecule has 0 unspecified atom stereocenters. The zero-order valence-corrected chi connectivity index (χ0v) is 15.6. The molecule has 7 heteroatoms. The second kappa shape index (κ2) is 7.42. The Bertz CT molecular complexity index is 961. The molecule has 144 valence electrons. The minimum Gasteiger partial charge on any atom is -0.480 e. The fraction of sp³-hybridized carbons (Fsp3) is 0.450. The maximum atomic E-state index is 12.3. The minimum atomic E-state index is -1.12. The van der Waals surface area contributed by atoms with Crippen LogP contribution in [-0.4, -0.2) is 29.1 Å². The average Bonchev–Trinajstić information content (AvgIpc) is 2.61. The van der Waals surface area contributed by atoms with Crippen LogP contribution in [0.3, 0.4) is 0 Å². The van der Waals surface area contributed by atoms with Gasteiger partial charge in [0.25, 0.3) is 5.91 Å². The van der Waals surface area contributed by atoms with Crippen LogP contribution >= 0.6 is 0 Å². The monoisotopic (exact) mass is 373 g/mol. The van der Waals surface area contributed by atoms with Crippen LogP contribution in [0.15, 0.2) is 21.3 Å². The van der Waals surface area contributed by atoms with Gasteiger partial charge in [0.1, 0.15) is 17.4 Å². The van der Waals surface area contributed by atoms with Crippen LogP contribution in [0.4, 0.5) is 0 Å². The van der Waals surface area contributed by atoms with Crippen molar-refractivity contribution in [2.45, 2.75) is 58.6 Å². The number of aryl methyl sites for hydroxylation is 2. The Morgan fingerprint density at radius 3 is 2.52 bits per heavy atom. The Hall–Kier alpha value is -2.83. The van der Waals surface area contributed by atoms with E-state index in [2.05, 4.69) is 5.32 Å². The maximum absolute atomic E-state index is 12.3. The number of hydrogen-bond donors (Lipinski definition) is 2. The lowest BCUT2D eigenvalue weighted by Crippen LogP contribution is -2.44. The Morgan fingerprint density at radius 1 is 1.19 bits per heavy atom. The van der Waals surface area contributed by atoms with Gasteiger partial charge in [-0.25, -0.2) is 4.79 Å². The number of carbonyl (C=O) groups excluding carboxylic acids is 1. The van der Waals surface area contributed by atoms with Crippen LogP contribution < -0.4 is 15.7 Å². The third-order valence-electron chi connectivity index (χ3n) is 4.83. The van der Waals surface area contributed by atoms with Gasteiger partial charge < -0.3 is 19.6 Å². The third-order valence-corrected chi connectivity index (χ3v) is 4.83. The molecule has 2 aromatic rings. The highest BCUT2D eigenvalue weighted by Crippen LogP contribution is 2.35. The maximum Gasteiger partial charge on any atom is 0.339 e. The zero-order chi connectivity index (χ0) is 19.7. The molecular formula is C20H23NO6. The van der Waals surface area contributed by atoms with E-state index >= 15 is 0 Å². The van der Waals surface area contributed by atoms with Gasteiger partial charge in [-0.1, -0.05) is 0 Å². The van der Waals surface area contributed by atoms with E-state index in [1.165, 1.54) is 6.92 Å². The molecule has 0 radical (unpaired) electrons. The Balaban J connectivity index is 2.00. The SMILES string of the molecule is Cc1cc(O[C@@H](C)C(=O)N[C@@H](C)C(=O)O)c2c3c(c(=O)oc2c1)CCCC3. The van der Waals surface area contributed by atoms with Gasteiger partial charge in [-0.2, -0.15) is 0 Å². The molecule has 27 heavy (non-hydrogen) atoms. The van der Waals surface area contributed by atoms with Crippen molar-refractivity contribution in [1.29, 1.82) is 0 Å². The number of aliphatic carboxylic acids is 1. The number of benzene rings is 1. The summed E-state index contributed by atoms with van der Waals surface area (Å²) in [6, 6.07) is 2.58. The summed E-state index contributed by atoms with van der Waals surface area (Å²) in [6.45, 7) is 4.80. The quantitative estimate of drug-likeness (QED) is 0.779. The van der Waals surface area contributed by atoms with E-state index in [1.54, 1.807) is 13.0 Å². The summed E-state index contributed by atoms with van der Waals surface area (Å²) in [5.74, 6) is -1.17. The van der Waals surface area contributed by atoms with Crippen molar-refractivity contribution in [1.82, 2.24) is 5.32 Å². The van der Waals surface area contributed by atoms with Crippen molar-refractivity contribution in [3.63, 3.8) is 0 Å². The number of carboxylic acids is 1. The van der Waals surface area contributed by atoms with E-state index in [1.807, 2.05) is 13.0 Å². The first-order chi connectivity index (χ1) is 12.8. The largest absolute Gasteiger partial charge is 0.480 e. The third kappa shape index (κ3) is 3.82. The predicted molar refractivity (Wildman–Crippen MR) is 99.2 cm³/mol. The summed E-state index contributed by atoms with van der Waals surface area (Å²) in [4.78, 5) is 35.5. The molecule has 1 aromatic carbocycles. The second-order valence-electron chi connectivity index (χ2n) is 7.02. The zero-order valence-electron chi connectivity index (χ0n) is 15.6. The molecule has 1 amide bonds. The standard InChI is InChI=1S/C20H23NO6/c1-10-8-15(26-12(3)18(22)21-11(2)19(23)24)17-13-6-4-5-7-14(13)20(25)27-16(17)9-10/h8-9,11-12H,4-7H2,1-3H3,(H,21,22)(H,23,24)/t11-,12-/m0/s1. The molecule has 7 nitrogen and oxygen atoms in total. The van der Waals surface area contributed by atoms with E-state index in [0.29, 0.717) is 23.3 Å². The molecule has 1 heterocycles. The lowest BCUT2D eigenvalue weighted by molar-refractivity contribution is -0.142. The lowest BCUT2D eigenvalue weighted by atomic mass is 9.90. The van der Waals surface area contributed by atoms with Crippen molar-refractivity contribution < 1.29 is 23.8 Å². The first kappa shape index (κ1) is 18.9. The summed E-state index contributed by atoms with van der Waals surface area (Å²) >= 11 is 0. The molecule has 0 fully saturated rings. The summed E-state index contributed by atoms with van der Waals surface area (Å²) in [5, 5.41) is 12.1. The van der Waals surface area contributed by atoms with Crippen LogP contribution in [0.2, 0.25) is 0 Å². The van der Waals surface area contributed by atoms with Gasteiger partial charge in [0.05, 0.1) is 5.39 Å². The van der Waals surface area contributed by atoms with E-state index in [-0.39, 0.29) is 5.63 Å². The van der Waals surface area contributed by atoms with E-state index in [4.69, 9.17) is 14.3 Å². The summed E-state index contributed by atoms with van der Waals surface area (Å²) < 4.78 is 11.4. The van der Waals surface area contributed by atoms with Crippen LogP contribution in [0.5, 0.6) is 5.75 Å². The van der Waals surface area contributed by atoms with Crippen LogP contribution in [0.1, 0.15) is 43.4 Å². The normalized spacial score (nSPS) is 15.7. The minimum absolute atomic E-state index is 0.310. The number of carboxylic acid groups (broad SMARTS) is 1. The first-order valence-corrected chi connectivity index (χ1v) is 9.07. The molecular weight excluding hydrogens is 350 g/mol. The molecule has 3 rings (SSSR count). The summed E-state index contributed by atoms with van der Waals surface area (Å²) in [5.41, 5.74) is 2.58. The topological polar surface area (TPSA) is 106 Å². The fourth-order valence-electron chi connectivity index (χ4n) is 3.40. The highest BCUT2D eigenvalue weighted by molar-refractivity contribution is 5.90. The van der Waals surface area contributed by atoms with Crippen LogP contribution in [-0.2, 0) is 22.4 Å². The number of amides is 1. The molecule has 1 aromatic heterocycles. The Kier molecular flexibility index (Phi) is 5.21. The van der Waals surface area contributed by atoms with Gasteiger partial charge in [0.15, 0.2) is 6.10 Å². The number of carbonyl (C=O) groups is 2. The van der Waals surface area contributed by atoms with Crippen molar-refractivity contribution in [3.05, 3.63) is 39.2 Å². The number of rotatable bonds is 5. The molecule has 1 aliphatic rings. The van der Waals surface area contributed by atoms with Gasteiger partial charge in [-0.3, -0.25) is 9.59 Å². The first-order valence-electron chi connectivity index (χ1n) is 9.07. The van der Waals surface area contributed by atoms with Crippen molar-refractivity contribution >= 4 is 22.8 Å². The predicted octanol–water partition coefficient (Wildman–Crippen LogP) is 2.34. The molecule has 1 aliphatic carbocycles. The van der Waals surface area contributed by atoms with Crippen molar-refractivity contribution in [2.75, 3.05) is 0 Å². The van der Waals surface area contributed by atoms with Gasteiger partial charge in [0, 0.05) is 5.56 Å². The van der Waals surface area contributed by atoms with E-state index < -0.39 is 24.0 Å². The van der Waals surface area contributed by atoms with Gasteiger partial charge in [-0.15, -0.1) is 0 Å². The van der Waals surface area contributed by atoms with Crippen LogP contribution in [0, 0.1) is 6.92 Å². The number of hydrogen-bond acceptors (Lipinski definition) is 5. The van der Waals surface area contributed by atoms with Crippen molar-refractivity contribution in [2.24, 2.45) is 0 Å².